The number of rotatable bonds is 8. The van der Waals surface area contributed by atoms with E-state index in [4.69, 9.17) is 16.3 Å². The van der Waals surface area contributed by atoms with Gasteiger partial charge in [-0.2, -0.15) is 0 Å². The normalized spacial score (nSPS) is 12.2. The molecule has 0 saturated carbocycles. The topological polar surface area (TPSA) is 74.8 Å². The van der Waals surface area contributed by atoms with Crippen LogP contribution in [0.2, 0.25) is 5.02 Å². The zero-order chi connectivity index (χ0) is 20.4. The first-order valence-corrected chi connectivity index (χ1v) is 9.57. The molecule has 0 fully saturated rings. The molecule has 0 aliphatic heterocycles. The van der Waals surface area contributed by atoms with Gasteiger partial charge in [0.2, 0.25) is 0 Å². The fraction of sp³-hybridized carbons (Fsp3) is 0.333. The van der Waals surface area contributed by atoms with Crippen molar-refractivity contribution in [2.75, 3.05) is 27.2 Å². The summed E-state index contributed by atoms with van der Waals surface area (Å²) in [7, 11) is 3.35. The zero-order valence-electron chi connectivity index (χ0n) is 16.5. The maximum Gasteiger partial charge on any atom is 0.251 e. The molecule has 0 aromatic heterocycles. The van der Waals surface area contributed by atoms with Gasteiger partial charge in [0.1, 0.15) is 11.9 Å². The lowest BCUT2D eigenvalue weighted by molar-refractivity contribution is 0.0963. The highest BCUT2D eigenvalue weighted by Crippen LogP contribution is 2.18. The maximum atomic E-state index is 11.7. The van der Waals surface area contributed by atoms with Crippen molar-refractivity contribution in [2.24, 2.45) is 4.99 Å². The Balaban J connectivity index is 1.76. The number of halogens is 1. The van der Waals surface area contributed by atoms with E-state index >= 15 is 0 Å². The molecule has 0 bridgehead atoms. The number of carbonyl (C=O) groups is 1. The number of guanidine groups is 1. The standard InChI is InChI=1S/C21H27ClN4O2/c1-15(28-19-9-5-8-18(22)13-19)14-26-21(24-3)25-11-10-16-6-4-7-17(12-16)20(27)23-2/h4-9,12-13,15H,10-11,14H2,1-3H3,(H,23,27)(H2,24,25,26). The lowest BCUT2D eigenvalue weighted by Crippen LogP contribution is -2.42. The van der Waals surface area contributed by atoms with E-state index in [1.807, 2.05) is 43.3 Å². The molecule has 2 aromatic carbocycles. The quantitative estimate of drug-likeness (QED) is 0.469. The van der Waals surface area contributed by atoms with E-state index in [9.17, 15) is 4.79 Å². The van der Waals surface area contributed by atoms with Crippen LogP contribution in [0, 0.1) is 0 Å². The van der Waals surface area contributed by atoms with Crippen molar-refractivity contribution >= 4 is 23.5 Å². The molecule has 0 heterocycles. The number of aliphatic imine (C=N–C) groups is 1. The third kappa shape index (κ3) is 7.12. The van der Waals surface area contributed by atoms with Gasteiger partial charge in [0, 0.05) is 31.2 Å². The first kappa shape index (κ1) is 21.6. The molecule has 1 atom stereocenters. The molecule has 1 amide bonds. The Morgan fingerprint density at radius 1 is 1.18 bits per heavy atom. The number of nitrogens with one attached hydrogen (secondary N) is 3. The Hall–Kier alpha value is -2.73. The van der Waals surface area contributed by atoms with Crippen molar-refractivity contribution in [3.63, 3.8) is 0 Å². The summed E-state index contributed by atoms with van der Waals surface area (Å²) in [5, 5.41) is 9.80. The summed E-state index contributed by atoms with van der Waals surface area (Å²) < 4.78 is 5.84. The van der Waals surface area contributed by atoms with E-state index in [1.54, 1.807) is 26.2 Å². The average Bonchev–Trinajstić information content (AvgIpc) is 2.70. The number of carbonyl (C=O) groups excluding carboxylic acids is 1. The Morgan fingerprint density at radius 2 is 1.96 bits per heavy atom. The summed E-state index contributed by atoms with van der Waals surface area (Å²) in [5.41, 5.74) is 1.75. The molecule has 0 saturated heterocycles. The summed E-state index contributed by atoms with van der Waals surface area (Å²) in [6, 6.07) is 14.9. The Morgan fingerprint density at radius 3 is 2.68 bits per heavy atom. The van der Waals surface area contributed by atoms with Crippen LogP contribution in [0.25, 0.3) is 0 Å². The average molecular weight is 403 g/mol. The van der Waals surface area contributed by atoms with Gasteiger partial charge in [-0.25, -0.2) is 0 Å². The molecule has 0 aliphatic carbocycles. The van der Waals surface area contributed by atoms with Crippen molar-refractivity contribution in [2.45, 2.75) is 19.4 Å². The van der Waals surface area contributed by atoms with Gasteiger partial charge < -0.3 is 20.7 Å². The van der Waals surface area contributed by atoms with Crippen LogP contribution in [0.3, 0.4) is 0 Å². The van der Waals surface area contributed by atoms with Crippen molar-refractivity contribution in [3.8, 4) is 5.75 Å². The third-order valence-corrected chi connectivity index (χ3v) is 4.27. The number of hydrogen-bond acceptors (Lipinski definition) is 3. The van der Waals surface area contributed by atoms with Crippen LogP contribution in [0.4, 0.5) is 0 Å². The van der Waals surface area contributed by atoms with Gasteiger partial charge in [-0.3, -0.25) is 9.79 Å². The molecular formula is C21H27ClN4O2. The smallest absolute Gasteiger partial charge is 0.251 e. The molecule has 1 unspecified atom stereocenters. The van der Waals surface area contributed by atoms with Crippen molar-refractivity contribution in [1.82, 2.24) is 16.0 Å². The van der Waals surface area contributed by atoms with Crippen LogP contribution < -0.4 is 20.7 Å². The zero-order valence-corrected chi connectivity index (χ0v) is 17.2. The molecule has 7 heteroatoms. The van der Waals surface area contributed by atoms with E-state index in [0.717, 1.165) is 17.7 Å². The number of ether oxygens (including phenoxy) is 1. The Bertz CT molecular complexity index is 810. The third-order valence-electron chi connectivity index (χ3n) is 4.04. The molecule has 0 aliphatic rings. The first-order valence-electron chi connectivity index (χ1n) is 9.19. The predicted molar refractivity (Wildman–Crippen MR) is 114 cm³/mol. The fourth-order valence-corrected chi connectivity index (χ4v) is 2.79. The molecule has 28 heavy (non-hydrogen) atoms. The van der Waals surface area contributed by atoms with Crippen molar-refractivity contribution in [1.29, 1.82) is 0 Å². The minimum atomic E-state index is -0.0824. The fourth-order valence-electron chi connectivity index (χ4n) is 2.61. The minimum absolute atomic E-state index is 0.0544. The van der Waals surface area contributed by atoms with Crippen molar-refractivity contribution in [3.05, 3.63) is 64.7 Å². The van der Waals surface area contributed by atoms with Gasteiger partial charge in [-0.15, -0.1) is 0 Å². The summed E-state index contributed by atoms with van der Waals surface area (Å²) in [6.45, 7) is 3.27. The maximum absolute atomic E-state index is 11.7. The Kier molecular flexibility index (Phi) is 8.62. The molecule has 150 valence electrons. The van der Waals surface area contributed by atoms with Crippen LogP contribution in [-0.2, 0) is 6.42 Å². The molecule has 3 N–H and O–H groups in total. The van der Waals surface area contributed by atoms with Gasteiger partial charge in [-0.05, 0) is 49.2 Å². The first-order chi connectivity index (χ1) is 13.5. The second-order valence-corrected chi connectivity index (χ2v) is 6.73. The van der Waals surface area contributed by atoms with Crippen LogP contribution in [0.1, 0.15) is 22.8 Å². The van der Waals surface area contributed by atoms with Crippen LogP contribution in [0.15, 0.2) is 53.5 Å². The lowest BCUT2D eigenvalue weighted by atomic mass is 10.1. The molecule has 2 rings (SSSR count). The number of benzene rings is 2. The highest BCUT2D eigenvalue weighted by molar-refractivity contribution is 6.30. The minimum Gasteiger partial charge on any atom is -0.489 e. The number of nitrogens with zero attached hydrogens (tertiary/aromatic N) is 1. The SMILES string of the molecule is CN=C(NCCc1cccc(C(=O)NC)c1)NCC(C)Oc1cccc(Cl)c1. The number of hydrogen-bond donors (Lipinski definition) is 3. The van der Waals surface area contributed by atoms with E-state index in [0.29, 0.717) is 29.6 Å². The predicted octanol–water partition coefficient (Wildman–Crippen LogP) is 2.87. The van der Waals surface area contributed by atoms with Gasteiger partial charge in [-0.1, -0.05) is 29.8 Å². The lowest BCUT2D eigenvalue weighted by Gasteiger charge is -2.18. The van der Waals surface area contributed by atoms with E-state index in [2.05, 4.69) is 20.9 Å². The molecule has 0 radical (unpaired) electrons. The van der Waals surface area contributed by atoms with Gasteiger partial charge in [0.05, 0.1) is 6.54 Å². The summed E-state index contributed by atoms with van der Waals surface area (Å²) >= 11 is 5.97. The van der Waals surface area contributed by atoms with Gasteiger partial charge in [0.15, 0.2) is 5.96 Å². The monoisotopic (exact) mass is 402 g/mol. The second kappa shape index (κ2) is 11.2. The molecule has 6 nitrogen and oxygen atoms in total. The molecular weight excluding hydrogens is 376 g/mol. The van der Waals surface area contributed by atoms with E-state index in [-0.39, 0.29) is 12.0 Å². The second-order valence-electron chi connectivity index (χ2n) is 6.30. The van der Waals surface area contributed by atoms with E-state index < -0.39 is 0 Å². The Labute approximate surface area is 171 Å². The van der Waals surface area contributed by atoms with Crippen molar-refractivity contribution < 1.29 is 9.53 Å². The highest BCUT2D eigenvalue weighted by atomic mass is 35.5. The molecule has 2 aromatic rings. The van der Waals surface area contributed by atoms with Gasteiger partial charge >= 0.3 is 0 Å². The van der Waals surface area contributed by atoms with Crippen LogP contribution in [0.5, 0.6) is 5.75 Å². The largest absolute Gasteiger partial charge is 0.489 e. The summed E-state index contributed by atoms with van der Waals surface area (Å²) in [4.78, 5) is 15.9. The number of amides is 1. The van der Waals surface area contributed by atoms with Crippen LogP contribution in [-0.4, -0.2) is 45.2 Å². The van der Waals surface area contributed by atoms with E-state index in [1.165, 1.54) is 0 Å². The summed E-state index contributed by atoms with van der Waals surface area (Å²) in [6.07, 6.45) is 0.723. The molecule has 0 spiro atoms. The van der Waals surface area contributed by atoms with Crippen LogP contribution >= 0.6 is 11.6 Å². The highest BCUT2D eigenvalue weighted by Gasteiger charge is 2.07. The van der Waals surface area contributed by atoms with Gasteiger partial charge in [0.25, 0.3) is 5.91 Å². The summed E-state index contributed by atoms with van der Waals surface area (Å²) in [5.74, 6) is 1.35.